The summed E-state index contributed by atoms with van der Waals surface area (Å²) in [4.78, 5) is 42.0. The van der Waals surface area contributed by atoms with Gasteiger partial charge in [0, 0.05) is 6.04 Å². The average Bonchev–Trinajstić information content (AvgIpc) is 2.75. The molecule has 2 atom stereocenters. The van der Waals surface area contributed by atoms with E-state index in [2.05, 4.69) is 10.6 Å². The van der Waals surface area contributed by atoms with Gasteiger partial charge in [0.05, 0.1) is 10.7 Å². The number of nitrogens with one attached hydrogen (secondary N) is 2. The quantitative estimate of drug-likeness (QED) is 0.446. The van der Waals surface area contributed by atoms with Gasteiger partial charge in [-0.3, -0.25) is 9.59 Å². The van der Waals surface area contributed by atoms with Gasteiger partial charge in [0.15, 0.2) is 0 Å². The number of hydrogen-bond donors (Lipinski definition) is 2. The molecule has 2 N–H and O–H groups in total. The van der Waals surface area contributed by atoms with Crippen molar-refractivity contribution in [3.05, 3.63) is 63.7 Å². The highest BCUT2D eigenvalue weighted by Crippen LogP contribution is 2.37. The van der Waals surface area contributed by atoms with E-state index in [1.54, 1.807) is 38.7 Å². The molecular weight excluding hydrogens is 490 g/mol. The van der Waals surface area contributed by atoms with Gasteiger partial charge in [0.2, 0.25) is 5.91 Å². The lowest BCUT2D eigenvalue weighted by Gasteiger charge is -2.43. The molecule has 7 nitrogen and oxygen atoms in total. The number of carbonyl (C=O) groups excluding carboxylic acids is 3. The second-order valence-corrected chi connectivity index (χ2v) is 11.2. The molecule has 37 heavy (non-hydrogen) atoms. The third-order valence-electron chi connectivity index (χ3n) is 6.76. The number of ether oxygens (including phenoxy) is 1. The smallest absolute Gasteiger partial charge is 0.408 e. The van der Waals surface area contributed by atoms with E-state index in [9.17, 15) is 14.4 Å². The molecule has 8 heteroatoms. The van der Waals surface area contributed by atoms with Crippen molar-refractivity contribution in [2.24, 2.45) is 0 Å². The van der Waals surface area contributed by atoms with Gasteiger partial charge in [0.25, 0.3) is 5.91 Å². The summed E-state index contributed by atoms with van der Waals surface area (Å²) in [6, 6.07) is 9.25. The Morgan fingerprint density at radius 2 is 1.65 bits per heavy atom. The topological polar surface area (TPSA) is 87.7 Å². The summed E-state index contributed by atoms with van der Waals surface area (Å²) < 4.78 is 5.36. The molecule has 0 radical (unpaired) electrons. The maximum absolute atomic E-state index is 14.0. The molecule has 1 saturated carbocycles. The van der Waals surface area contributed by atoms with E-state index in [1.165, 1.54) is 0 Å². The Bertz CT molecular complexity index is 1150. The van der Waals surface area contributed by atoms with E-state index in [0.717, 1.165) is 41.5 Å². The van der Waals surface area contributed by atoms with E-state index < -0.39 is 23.8 Å². The average molecular weight is 528 g/mol. The first kappa shape index (κ1) is 28.5. The van der Waals surface area contributed by atoms with E-state index in [4.69, 9.17) is 16.3 Å². The predicted octanol–water partition coefficient (Wildman–Crippen LogP) is 6.24. The predicted molar refractivity (Wildman–Crippen MR) is 147 cm³/mol. The zero-order valence-corrected chi connectivity index (χ0v) is 23.5. The standard InChI is InChI=1S/C29H38ClN3O4/c1-17-11-8-15-22(19(17)3)25(26(34)32-24-18(2)12-9-16-23(24)30)33(21-13-10-14-21)27(35)20(4)31-28(36)37-29(5,6)7/h8-9,11-12,15-16,20-21,25H,10,13-14H2,1-7H3,(H,31,36)(H,32,34). The molecule has 3 amide bonds. The zero-order valence-electron chi connectivity index (χ0n) is 22.8. The molecule has 200 valence electrons. The number of carbonyl (C=O) groups is 3. The van der Waals surface area contributed by atoms with Gasteiger partial charge in [-0.2, -0.15) is 0 Å². The molecule has 3 rings (SSSR count). The number of hydrogen-bond acceptors (Lipinski definition) is 4. The molecule has 1 aliphatic rings. The van der Waals surface area contributed by atoms with Crippen molar-refractivity contribution in [2.75, 3.05) is 5.32 Å². The van der Waals surface area contributed by atoms with Crippen molar-refractivity contribution in [3.63, 3.8) is 0 Å². The molecule has 0 aliphatic heterocycles. The highest BCUT2D eigenvalue weighted by Gasteiger charge is 2.41. The van der Waals surface area contributed by atoms with E-state index >= 15 is 0 Å². The van der Waals surface area contributed by atoms with Crippen LogP contribution in [0.1, 0.15) is 75.3 Å². The van der Waals surface area contributed by atoms with Crippen molar-refractivity contribution in [2.45, 2.75) is 91.5 Å². The van der Waals surface area contributed by atoms with Crippen LogP contribution < -0.4 is 10.6 Å². The number of amides is 3. The molecule has 1 aliphatic carbocycles. The fraction of sp³-hybridized carbons (Fsp3) is 0.483. The molecule has 1 fully saturated rings. The Morgan fingerprint density at radius 3 is 2.22 bits per heavy atom. The van der Waals surface area contributed by atoms with Crippen molar-refractivity contribution in [1.29, 1.82) is 0 Å². The lowest BCUT2D eigenvalue weighted by atomic mass is 9.87. The van der Waals surface area contributed by atoms with E-state index in [1.807, 2.05) is 51.1 Å². The lowest BCUT2D eigenvalue weighted by molar-refractivity contribution is -0.145. The summed E-state index contributed by atoms with van der Waals surface area (Å²) in [6.07, 6.45) is 1.85. The van der Waals surface area contributed by atoms with Gasteiger partial charge in [-0.05, 0) is 96.0 Å². The molecule has 0 spiro atoms. The third-order valence-corrected chi connectivity index (χ3v) is 7.08. The summed E-state index contributed by atoms with van der Waals surface area (Å²) in [5, 5.41) is 6.08. The Labute approximate surface area is 224 Å². The van der Waals surface area contributed by atoms with Crippen LogP contribution in [-0.4, -0.2) is 40.5 Å². The Balaban J connectivity index is 2.03. The lowest BCUT2D eigenvalue weighted by Crippen LogP contribution is -2.56. The van der Waals surface area contributed by atoms with Crippen molar-refractivity contribution in [3.8, 4) is 0 Å². The maximum Gasteiger partial charge on any atom is 0.408 e. The van der Waals surface area contributed by atoms with Crippen LogP contribution in [0.2, 0.25) is 5.02 Å². The molecular formula is C29H38ClN3O4. The Hall–Kier alpha value is -3.06. The maximum atomic E-state index is 14.0. The van der Waals surface area contributed by atoms with Crippen LogP contribution in [0.3, 0.4) is 0 Å². The van der Waals surface area contributed by atoms with Crippen LogP contribution >= 0.6 is 11.6 Å². The van der Waals surface area contributed by atoms with Gasteiger partial charge in [-0.15, -0.1) is 0 Å². The minimum absolute atomic E-state index is 0.126. The van der Waals surface area contributed by atoms with Crippen LogP contribution in [0.4, 0.5) is 10.5 Å². The van der Waals surface area contributed by atoms with Crippen LogP contribution in [0.5, 0.6) is 0 Å². The number of rotatable bonds is 7. The van der Waals surface area contributed by atoms with Gasteiger partial charge in [0.1, 0.15) is 17.7 Å². The molecule has 0 aromatic heterocycles. The van der Waals surface area contributed by atoms with Crippen LogP contribution in [0.25, 0.3) is 0 Å². The minimum Gasteiger partial charge on any atom is -0.444 e. The summed E-state index contributed by atoms with van der Waals surface area (Å²) in [6.45, 7) is 12.7. The third kappa shape index (κ3) is 6.83. The van der Waals surface area contributed by atoms with Crippen LogP contribution in [-0.2, 0) is 14.3 Å². The first-order valence-electron chi connectivity index (χ1n) is 12.7. The number of para-hydroxylation sites is 1. The highest BCUT2D eigenvalue weighted by atomic mass is 35.5. The normalized spacial score (nSPS) is 15.2. The SMILES string of the molecule is Cc1cccc(C(C(=O)Nc2c(C)cccc2Cl)N(C(=O)C(C)NC(=O)OC(C)(C)C)C2CCC2)c1C. The number of benzene rings is 2. The minimum atomic E-state index is -0.906. The second kappa shape index (κ2) is 11.5. The molecule has 0 heterocycles. The first-order valence-corrected chi connectivity index (χ1v) is 13.1. The number of alkyl carbamates (subject to hydrolysis) is 1. The highest BCUT2D eigenvalue weighted by molar-refractivity contribution is 6.34. The van der Waals surface area contributed by atoms with E-state index in [-0.39, 0.29) is 17.9 Å². The molecule has 2 aromatic carbocycles. The van der Waals surface area contributed by atoms with Crippen molar-refractivity contribution < 1.29 is 19.1 Å². The Morgan fingerprint density at radius 1 is 1.03 bits per heavy atom. The number of halogens is 1. The fourth-order valence-corrected chi connectivity index (χ4v) is 4.69. The monoisotopic (exact) mass is 527 g/mol. The fourth-order valence-electron chi connectivity index (χ4n) is 4.42. The molecule has 0 saturated heterocycles. The summed E-state index contributed by atoms with van der Waals surface area (Å²) in [7, 11) is 0. The largest absolute Gasteiger partial charge is 0.444 e. The number of aryl methyl sites for hydroxylation is 2. The summed E-state index contributed by atoms with van der Waals surface area (Å²) in [5.41, 5.74) is 3.34. The van der Waals surface area contributed by atoms with Crippen LogP contribution in [0, 0.1) is 20.8 Å². The summed E-state index contributed by atoms with van der Waals surface area (Å²) >= 11 is 6.43. The Kier molecular flexibility index (Phi) is 8.90. The van der Waals surface area contributed by atoms with Crippen LogP contribution in [0.15, 0.2) is 36.4 Å². The molecule has 2 aromatic rings. The van der Waals surface area contributed by atoms with E-state index in [0.29, 0.717) is 10.7 Å². The molecule has 0 bridgehead atoms. The summed E-state index contributed by atoms with van der Waals surface area (Å²) in [5.74, 6) is -0.692. The first-order chi connectivity index (χ1) is 17.3. The van der Waals surface area contributed by atoms with Gasteiger partial charge in [-0.25, -0.2) is 4.79 Å². The zero-order chi connectivity index (χ0) is 27.5. The second-order valence-electron chi connectivity index (χ2n) is 10.8. The number of nitrogens with zero attached hydrogens (tertiary/aromatic N) is 1. The van der Waals surface area contributed by atoms with Gasteiger partial charge in [-0.1, -0.05) is 41.9 Å². The van der Waals surface area contributed by atoms with Crippen molar-refractivity contribution in [1.82, 2.24) is 10.2 Å². The van der Waals surface area contributed by atoms with Gasteiger partial charge < -0.3 is 20.3 Å². The van der Waals surface area contributed by atoms with Crippen molar-refractivity contribution >= 4 is 35.2 Å². The van der Waals surface area contributed by atoms with Gasteiger partial charge >= 0.3 is 6.09 Å². The number of anilines is 1. The molecule has 2 unspecified atom stereocenters.